The summed E-state index contributed by atoms with van der Waals surface area (Å²) in [4.78, 5) is 18.4. The number of carbonyl (C=O) groups excluding carboxylic acids is 1. The second-order valence-electron chi connectivity index (χ2n) is 4.24. The molecule has 0 saturated carbocycles. The first-order valence-electron chi connectivity index (χ1n) is 6.39. The topological polar surface area (TPSA) is 54.5 Å². The number of amides is 1. The Morgan fingerprint density at radius 1 is 1.44 bits per heavy atom. The standard InChI is InChI=1S/C13H19N3O2/c1-2-6-14-13(17)11-4-3-5-12(15-11)16-7-9-18-10-8-16/h3-5H,2,6-10H2,1H3,(H,14,17). The average molecular weight is 249 g/mol. The summed E-state index contributed by atoms with van der Waals surface area (Å²) in [5.74, 6) is 0.745. The van der Waals surface area contributed by atoms with E-state index in [9.17, 15) is 4.79 Å². The number of hydrogen-bond acceptors (Lipinski definition) is 4. The van der Waals surface area contributed by atoms with Gasteiger partial charge in [0.05, 0.1) is 13.2 Å². The third kappa shape index (κ3) is 3.20. The Morgan fingerprint density at radius 2 is 2.22 bits per heavy atom. The van der Waals surface area contributed by atoms with Crippen LogP contribution in [0.1, 0.15) is 23.8 Å². The van der Waals surface area contributed by atoms with E-state index < -0.39 is 0 Å². The second kappa shape index (κ2) is 6.35. The number of hydrogen-bond donors (Lipinski definition) is 1. The van der Waals surface area contributed by atoms with Crippen molar-refractivity contribution in [1.82, 2.24) is 10.3 Å². The summed E-state index contributed by atoms with van der Waals surface area (Å²) in [5, 5.41) is 2.83. The van der Waals surface area contributed by atoms with E-state index in [-0.39, 0.29) is 5.91 Å². The Balaban J connectivity index is 2.06. The van der Waals surface area contributed by atoms with Gasteiger partial charge < -0.3 is 15.0 Å². The molecule has 0 spiro atoms. The molecule has 1 aliphatic heterocycles. The first-order valence-corrected chi connectivity index (χ1v) is 6.39. The van der Waals surface area contributed by atoms with E-state index in [1.165, 1.54) is 0 Å². The van der Waals surface area contributed by atoms with Crippen molar-refractivity contribution in [3.05, 3.63) is 23.9 Å². The van der Waals surface area contributed by atoms with Crippen molar-refractivity contribution in [3.63, 3.8) is 0 Å². The summed E-state index contributed by atoms with van der Waals surface area (Å²) in [6.45, 7) is 5.79. The highest BCUT2D eigenvalue weighted by Crippen LogP contribution is 2.13. The molecule has 1 aromatic heterocycles. The number of nitrogens with one attached hydrogen (secondary N) is 1. The quantitative estimate of drug-likeness (QED) is 0.867. The lowest BCUT2D eigenvalue weighted by molar-refractivity contribution is 0.0948. The van der Waals surface area contributed by atoms with Crippen molar-refractivity contribution >= 4 is 11.7 Å². The molecular weight excluding hydrogens is 230 g/mol. The third-order valence-corrected chi connectivity index (χ3v) is 2.84. The number of aromatic nitrogens is 1. The monoisotopic (exact) mass is 249 g/mol. The Kier molecular flexibility index (Phi) is 4.52. The molecule has 0 unspecified atom stereocenters. The van der Waals surface area contributed by atoms with Gasteiger partial charge in [0.15, 0.2) is 0 Å². The van der Waals surface area contributed by atoms with Crippen molar-refractivity contribution < 1.29 is 9.53 Å². The molecule has 1 aromatic rings. The van der Waals surface area contributed by atoms with Gasteiger partial charge in [0.25, 0.3) is 5.91 Å². The Bertz CT molecular complexity index is 403. The van der Waals surface area contributed by atoms with Crippen molar-refractivity contribution in [1.29, 1.82) is 0 Å². The highest BCUT2D eigenvalue weighted by Gasteiger charge is 2.14. The first kappa shape index (κ1) is 12.8. The van der Waals surface area contributed by atoms with Crippen molar-refractivity contribution in [2.45, 2.75) is 13.3 Å². The summed E-state index contributed by atoms with van der Waals surface area (Å²) in [5.41, 5.74) is 0.479. The van der Waals surface area contributed by atoms with Crippen LogP contribution in [0.3, 0.4) is 0 Å². The molecule has 2 heterocycles. The lowest BCUT2D eigenvalue weighted by Crippen LogP contribution is -2.37. The molecule has 0 bridgehead atoms. The lowest BCUT2D eigenvalue weighted by Gasteiger charge is -2.27. The minimum atomic E-state index is -0.105. The lowest BCUT2D eigenvalue weighted by atomic mass is 10.3. The average Bonchev–Trinajstić information content (AvgIpc) is 2.46. The van der Waals surface area contributed by atoms with Gasteiger partial charge in [-0.05, 0) is 18.6 Å². The molecule has 18 heavy (non-hydrogen) atoms. The predicted octanol–water partition coefficient (Wildman–Crippen LogP) is 1.06. The molecule has 5 nitrogen and oxygen atoms in total. The smallest absolute Gasteiger partial charge is 0.269 e. The Labute approximate surface area is 107 Å². The number of rotatable bonds is 4. The maximum atomic E-state index is 11.8. The molecule has 98 valence electrons. The molecule has 0 aromatic carbocycles. The molecule has 2 rings (SSSR count). The van der Waals surface area contributed by atoms with Crippen LogP contribution in [0.25, 0.3) is 0 Å². The number of ether oxygens (including phenoxy) is 1. The van der Waals surface area contributed by atoms with Crippen LogP contribution in [-0.2, 0) is 4.74 Å². The molecule has 1 amide bonds. The number of anilines is 1. The summed E-state index contributed by atoms with van der Waals surface area (Å²) < 4.78 is 5.30. The Hall–Kier alpha value is -1.62. The molecule has 0 atom stereocenters. The molecule has 1 N–H and O–H groups in total. The van der Waals surface area contributed by atoms with Gasteiger partial charge in [-0.3, -0.25) is 4.79 Å². The SMILES string of the molecule is CCCNC(=O)c1cccc(N2CCOCC2)n1. The first-order chi connectivity index (χ1) is 8.81. The number of pyridine rings is 1. The highest BCUT2D eigenvalue weighted by molar-refractivity contribution is 5.92. The Morgan fingerprint density at radius 3 is 2.94 bits per heavy atom. The van der Waals surface area contributed by atoms with Crippen LogP contribution in [0.4, 0.5) is 5.82 Å². The zero-order chi connectivity index (χ0) is 12.8. The van der Waals surface area contributed by atoms with Crippen LogP contribution >= 0.6 is 0 Å². The van der Waals surface area contributed by atoms with Crippen molar-refractivity contribution in [2.75, 3.05) is 37.7 Å². The van der Waals surface area contributed by atoms with E-state index in [0.717, 1.165) is 25.3 Å². The van der Waals surface area contributed by atoms with E-state index >= 15 is 0 Å². The van der Waals surface area contributed by atoms with Gasteiger partial charge in [0.1, 0.15) is 11.5 Å². The van der Waals surface area contributed by atoms with Gasteiger partial charge in [0.2, 0.25) is 0 Å². The van der Waals surface area contributed by atoms with E-state index in [0.29, 0.717) is 25.5 Å². The van der Waals surface area contributed by atoms with Gasteiger partial charge >= 0.3 is 0 Å². The highest BCUT2D eigenvalue weighted by atomic mass is 16.5. The largest absolute Gasteiger partial charge is 0.378 e. The molecule has 0 radical (unpaired) electrons. The van der Waals surface area contributed by atoms with Gasteiger partial charge in [0, 0.05) is 19.6 Å². The van der Waals surface area contributed by atoms with Crippen LogP contribution in [-0.4, -0.2) is 43.7 Å². The molecule has 0 aliphatic carbocycles. The molecular formula is C13H19N3O2. The van der Waals surface area contributed by atoms with Gasteiger partial charge in [-0.2, -0.15) is 0 Å². The van der Waals surface area contributed by atoms with E-state index in [2.05, 4.69) is 15.2 Å². The van der Waals surface area contributed by atoms with E-state index in [1.54, 1.807) is 6.07 Å². The van der Waals surface area contributed by atoms with Gasteiger partial charge in [-0.25, -0.2) is 4.98 Å². The summed E-state index contributed by atoms with van der Waals surface area (Å²) in [7, 11) is 0. The number of carbonyl (C=O) groups is 1. The molecule has 5 heteroatoms. The normalized spacial score (nSPS) is 15.5. The van der Waals surface area contributed by atoms with Gasteiger partial charge in [-0.15, -0.1) is 0 Å². The van der Waals surface area contributed by atoms with Crippen LogP contribution in [0.15, 0.2) is 18.2 Å². The zero-order valence-electron chi connectivity index (χ0n) is 10.7. The predicted molar refractivity (Wildman–Crippen MR) is 69.9 cm³/mol. The number of morpholine rings is 1. The molecule has 1 aliphatic rings. The number of nitrogens with zero attached hydrogens (tertiary/aromatic N) is 2. The minimum Gasteiger partial charge on any atom is -0.378 e. The summed E-state index contributed by atoms with van der Waals surface area (Å²) >= 11 is 0. The maximum absolute atomic E-state index is 11.8. The van der Waals surface area contributed by atoms with Crippen molar-refractivity contribution in [3.8, 4) is 0 Å². The fourth-order valence-electron chi connectivity index (χ4n) is 1.85. The fourth-order valence-corrected chi connectivity index (χ4v) is 1.85. The maximum Gasteiger partial charge on any atom is 0.269 e. The summed E-state index contributed by atoms with van der Waals surface area (Å²) in [6, 6.07) is 5.55. The van der Waals surface area contributed by atoms with Crippen LogP contribution in [0.2, 0.25) is 0 Å². The summed E-state index contributed by atoms with van der Waals surface area (Å²) in [6.07, 6.45) is 0.925. The van der Waals surface area contributed by atoms with Crippen LogP contribution in [0, 0.1) is 0 Å². The van der Waals surface area contributed by atoms with E-state index in [4.69, 9.17) is 4.74 Å². The minimum absolute atomic E-state index is 0.105. The fraction of sp³-hybridized carbons (Fsp3) is 0.538. The van der Waals surface area contributed by atoms with Gasteiger partial charge in [-0.1, -0.05) is 13.0 Å². The second-order valence-corrected chi connectivity index (χ2v) is 4.24. The van der Waals surface area contributed by atoms with Crippen molar-refractivity contribution in [2.24, 2.45) is 0 Å². The molecule has 1 fully saturated rings. The third-order valence-electron chi connectivity index (χ3n) is 2.84. The van der Waals surface area contributed by atoms with Crippen LogP contribution < -0.4 is 10.2 Å². The van der Waals surface area contributed by atoms with Crippen LogP contribution in [0.5, 0.6) is 0 Å². The molecule has 1 saturated heterocycles. The van der Waals surface area contributed by atoms with E-state index in [1.807, 2.05) is 19.1 Å². The zero-order valence-corrected chi connectivity index (χ0v) is 10.7.